The molecule has 1 N–H and O–H groups in total. The van der Waals surface area contributed by atoms with E-state index in [0.29, 0.717) is 31.9 Å². The van der Waals surface area contributed by atoms with Gasteiger partial charge in [0, 0.05) is 26.5 Å². The van der Waals surface area contributed by atoms with Gasteiger partial charge in [-0.3, -0.25) is 4.79 Å². The van der Waals surface area contributed by atoms with Crippen molar-refractivity contribution in [2.45, 2.75) is 6.17 Å². The van der Waals surface area contributed by atoms with E-state index in [4.69, 9.17) is 14.2 Å². The lowest BCUT2D eigenvalue weighted by atomic mass is 10.0. The first kappa shape index (κ1) is 18.2. The third-order valence-electron chi connectivity index (χ3n) is 4.29. The molecule has 0 spiro atoms. The molecule has 0 bridgehead atoms. The van der Waals surface area contributed by atoms with Gasteiger partial charge in [-0.2, -0.15) is 0 Å². The summed E-state index contributed by atoms with van der Waals surface area (Å²) < 4.78 is 15.9. The van der Waals surface area contributed by atoms with Gasteiger partial charge in [0.2, 0.25) is 0 Å². The molecule has 2 aromatic carbocycles. The van der Waals surface area contributed by atoms with Crippen LogP contribution in [0.3, 0.4) is 0 Å². The number of benzene rings is 2. The minimum Gasteiger partial charge on any atom is -0.491 e. The first-order chi connectivity index (χ1) is 12.7. The molecular formula is C20H24N2O4. The van der Waals surface area contributed by atoms with Gasteiger partial charge in [0.1, 0.15) is 18.5 Å². The van der Waals surface area contributed by atoms with E-state index >= 15 is 0 Å². The maximum atomic E-state index is 13.0. The first-order valence-electron chi connectivity index (χ1n) is 8.61. The van der Waals surface area contributed by atoms with Gasteiger partial charge < -0.3 is 24.4 Å². The van der Waals surface area contributed by atoms with E-state index in [2.05, 4.69) is 5.32 Å². The zero-order chi connectivity index (χ0) is 18.4. The Bertz CT molecular complexity index is 750. The largest absolute Gasteiger partial charge is 0.491 e. The van der Waals surface area contributed by atoms with Crippen LogP contribution in [0.1, 0.15) is 22.1 Å². The van der Waals surface area contributed by atoms with E-state index in [-0.39, 0.29) is 12.1 Å². The van der Waals surface area contributed by atoms with Crippen LogP contribution in [0.25, 0.3) is 0 Å². The number of carbonyl (C=O) groups is 1. The van der Waals surface area contributed by atoms with E-state index in [1.165, 1.54) is 0 Å². The van der Waals surface area contributed by atoms with Gasteiger partial charge in [0.15, 0.2) is 0 Å². The van der Waals surface area contributed by atoms with E-state index in [1.54, 1.807) is 19.1 Å². The summed E-state index contributed by atoms with van der Waals surface area (Å²) in [7, 11) is 3.28. The second kappa shape index (κ2) is 8.69. The lowest BCUT2D eigenvalue weighted by Gasteiger charge is -2.38. The molecule has 0 saturated heterocycles. The molecule has 6 heteroatoms. The number of nitrogens with one attached hydrogen (secondary N) is 1. The van der Waals surface area contributed by atoms with Crippen molar-refractivity contribution < 1.29 is 19.0 Å². The van der Waals surface area contributed by atoms with Gasteiger partial charge >= 0.3 is 0 Å². The molecule has 138 valence electrons. The minimum atomic E-state index is -0.279. The van der Waals surface area contributed by atoms with Crippen LogP contribution in [0, 0.1) is 0 Å². The number of rotatable bonds is 8. The van der Waals surface area contributed by atoms with Crippen molar-refractivity contribution in [2.75, 3.05) is 45.9 Å². The lowest BCUT2D eigenvalue weighted by Crippen LogP contribution is -2.44. The Balaban J connectivity index is 1.88. The Hall–Kier alpha value is -2.57. The van der Waals surface area contributed by atoms with Gasteiger partial charge in [-0.1, -0.05) is 24.3 Å². The Labute approximate surface area is 153 Å². The van der Waals surface area contributed by atoms with E-state index in [1.807, 2.05) is 48.5 Å². The number of anilines is 1. The van der Waals surface area contributed by atoms with Crippen LogP contribution >= 0.6 is 0 Å². The average molecular weight is 356 g/mol. The molecule has 1 unspecified atom stereocenters. The number of methoxy groups -OCH3 is 2. The summed E-state index contributed by atoms with van der Waals surface area (Å²) in [5, 5.41) is 3.47. The molecule has 1 aliphatic heterocycles. The van der Waals surface area contributed by atoms with Crippen LogP contribution in [-0.2, 0) is 9.47 Å². The summed E-state index contributed by atoms with van der Waals surface area (Å²) in [6.07, 6.45) is -0.279. The van der Waals surface area contributed by atoms with Crippen molar-refractivity contribution in [3.8, 4) is 5.75 Å². The fourth-order valence-corrected chi connectivity index (χ4v) is 2.99. The van der Waals surface area contributed by atoms with Crippen molar-refractivity contribution in [1.82, 2.24) is 4.90 Å². The molecular weight excluding hydrogens is 332 g/mol. The number of hydrogen-bond donors (Lipinski definition) is 1. The van der Waals surface area contributed by atoms with E-state index in [0.717, 1.165) is 17.0 Å². The molecule has 6 nitrogen and oxygen atoms in total. The molecule has 1 heterocycles. The van der Waals surface area contributed by atoms with Crippen LogP contribution in [0.4, 0.5) is 5.69 Å². The van der Waals surface area contributed by atoms with Crippen LogP contribution < -0.4 is 10.1 Å². The summed E-state index contributed by atoms with van der Waals surface area (Å²) in [4.78, 5) is 14.8. The number of para-hydroxylation sites is 1. The number of nitrogens with zero attached hydrogens (tertiary/aromatic N) is 1. The van der Waals surface area contributed by atoms with E-state index in [9.17, 15) is 4.79 Å². The SMILES string of the molecule is COCCOc1cccc(C2Nc3ccccc3C(=O)N2CCOC)c1. The normalized spacial score (nSPS) is 16.2. The van der Waals surface area contributed by atoms with Crippen molar-refractivity contribution >= 4 is 11.6 Å². The summed E-state index contributed by atoms with van der Waals surface area (Å²) >= 11 is 0. The Morgan fingerprint density at radius 1 is 1.00 bits per heavy atom. The highest BCUT2D eigenvalue weighted by Gasteiger charge is 2.32. The molecule has 0 aliphatic carbocycles. The second-order valence-electron chi connectivity index (χ2n) is 6.00. The van der Waals surface area contributed by atoms with Gasteiger partial charge in [-0.25, -0.2) is 0 Å². The maximum Gasteiger partial charge on any atom is 0.257 e. The maximum absolute atomic E-state index is 13.0. The fraction of sp³-hybridized carbons (Fsp3) is 0.350. The van der Waals surface area contributed by atoms with Crippen molar-refractivity contribution in [2.24, 2.45) is 0 Å². The molecule has 0 saturated carbocycles. The van der Waals surface area contributed by atoms with Crippen LogP contribution in [0.5, 0.6) is 5.75 Å². The fourth-order valence-electron chi connectivity index (χ4n) is 2.99. The molecule has 1 amide bonds. The monoisotopic (exact) mass is 356 g/mol. The van der Waals surface area contributed by atoms with Crippen LogP contribution in [0.2, 0.25) is 0 Å². The summed E-state index contributed by atoms with van der Waals surface area (Å²) in [5.74, 6) is 0.742. The number of hydrogen-bond acceptors (Lipinski definition) is 5. The minimum absolute atomic E-state index is 0.00731. The molecule has 2 aromatic rings. The van der Waals surface area contributed by atoms with Crippen molar-refractivity contribution in [3.63, 3.8) is 0 Å². The predicted molar refractivity (Wildman–Crippen MR) is 99.5 cm³/mol. The third kappa shape index (κ3) is 3.98. The average Bonchev–Trinajstić information content (AvgIpc) is 2.68. The summed E-state index contributed by atoms with van der Waals surface area (Å²) in [6, 6.07) is 15.3. The Morgan fingerprint density at radius 2 is 1.81 bits per heavy atom. The highest BCUT2D eigenvalue weighted by Crippen LogP contribution is 2.33. The molecule has 0 radical (unpaired) electrons. The molecule has 0 fully saturated rings. The molecule has 1 aliphatic rings. The highest BCUT2D eigenvalue weighted by molar-refractivity contribution is 6.01. The van der Waals surface area contributed by atoms with Gasteiger partial charge in [-0.15, -0.1) is 0 Å². The molecule has 26 heavy (non-hydrogen) atoms. The topological polar surface area (TPSA) is 60.0 Å². The number of fused-ring (bicyclic) bond motifs is 1. The van der Waals surface area contributed by atoms with Crippen molar-refractivity contribution in [1.29, 1.82) is 0 Å². The zero-order valence-corrected chi connectivity index (χ0v) is 15.1. The highest BCUT2D eigenvalue weighted by atomic mass is 16.5. The Morgan fingerprint density at radius 3 is 2.62 bits per heavy atom. The Kier molecular flexibility index (Phi) is 6.09. The van der Waals surface area contributed by atoms with Gasteiger partial charge in [0.25, 0.3) is 5.91 Å². The number of amides is 1. The van der Waals surface area contributed by atoms with E-state index < -0.39 is 0 Å². The summed E-state index contributed by atoms with van der Waals surface area (Å²) in [6.45, 7) is 1.97. The zero-order valence-electron chi connectivity index (χ0n) is 15.1. The van der Waals surface area contributed by atoms with Gasteiger partial charge in [0.05, 0.1) is 18.8 Å². The van der Waals surface area contributed by atoms with Gasteiger partial charge in [-0.05, 0) is 29.8 Å². The number of carbonyl (C=O) groups excluding carboxylic acids is 1. The third-order valence-corrected chi connectivity index (χ3v) is 4.29. The predicted octanol–water partition coefficient (Wildman–Crippen LogP) is 2.92. The smallest absolute Gasteiger partial charge is 0.257 e. The molecule has 0 aromatic heterocycles. The van der Waals surface area contributed by atoms with Crippen molar-refractivity contribution in [3.05, 3.63) is 59.7 Å². The molecule has 1 atom stereocenters. The van der Waals surface area contributed by atoms with Crippen LogP contribution in [0.15, 0.2) is 48.5 Å². The second-order valence-corrected chi connectivity index (χ2v) is 6.00. The lowest BCUT2D eigenvalue weighted by molar-refractivity contribution is 0.0609. The first-order valence-corrected chi connectivity index (χ1v) is 8.61. The standard InChI is InChI=1S/C20H24N2O4/c1-24-11-10-22-19(21-18-9-4-3-8-17(18)20(22)23)15-6-5-7-16(14-15)26-13-12-25-2/h3-9,14,19,21H,10-13H2,1-2H3. The quantitative estimate of drug-likeness (QED) is 0.737. The number of ether oxygens (including phenoxy) is 3. The van der Waals surface area contributed by atoms with Crippen LogP contribution in [-0.4, -0.2) is 51.4 Å². The summed E-state index contributed by atoms with van der Waals surface area (Å²) in [5.41, 5.74) is 2.47. The molecule has 3 rings (SSSR count).